The molecule has 0 aliphatic heterocycles. The molecule has 4 nitrogen and oxygen atoms in total. The van der Waals surface area contributed by atoms with E-state index >= 15 is 0 Å². The van der Waals surface area contributed by atoms with Crippen LogP contribution in [0, 0.1) is 5.92 Å². The summed E-state index contributed by atoms with van der Waals surface area (Å²) in [5, 5.41) is 8.38. The predicted molar refractivity (Wildman–Crippen MR) is 78.1 cm³/mol. The minimum atomic E-state index is -3.64. The number of hydrogen-bond acceptors (Lipinski definition) is 3. The lowest BCUT2D eigenvalue weighted by molar-refractivity contribution is 0.519. The number of halogens is 1. The molecule has 0 unspecified atom stereocenters. The highest BCUT2D eigenvalue weighted by atomic mass is 79.9. The molecule has 0 radical (unpaired) electrons. The summed E-state index contributed by atoms with van der Waals surface area (Å²) in [5.41, 5.74) is 0.884. The van der Waals surface area contributed by atoms with Gasteiger partial charge in [-0.15, -0.1) is 0 Å². The van der Waals surface area contributed by atoms with Crippen LogP contribution in [0.15, 0.2) is 27.6 Å². The van der Waals surface area contributed by atoms with Gasteiger partial charge in [0.1, 0.15) is 0 Å². The highest BCUT2D eigenvalue weighted by Gasteiger charge is 2.11. The molecule has 0 aliphatic carbocycles. The number of sulfonamides is 1. The third kappa shape index (κ3) is 4.26. The van der Waals surface area contributed by atoms with Crippen molar-refractivity contribution >= 4 is 31.6 Å². The van der Waals surface area contributed by atoms with Crippen LogP contribution in [0.3, 0.4) is 0 Å². The first-order valence-electron chi connectivity index (χ1n) is 5.94. The van der Waals surface area contributed by atoms with E-state index in [2.05, 4.69) is 35.1 Å². The molecular formula is C12H19BrN2O2S. The maximum Gasteiger partial charge on any atom is 0.238 e. The van der Waals surface area contributed by atoms with Gasteiger partial charge in [-0.2, -0.15) is 0 Å². The van der Waals surface area contributed by atoms with Crippen molar-refractivity contribution in [1.29, 1.82) is 0 Å². The van der Waals surface area contributed by atoms with E-state index in [9.17, 15) is 8.42 Å². The lowest BCUT2D eigenvalue weighted by atomic mass is 10.0. The Morgan fingerprint density at radius 1 is 1.33 bits per heavy atom. The number of rotatable bonds is 6. The summed E-state index contributed by atoms with van der Waals surface area (Å²) in [5.74, 6) is 0.620. The molecule has 0 saturated heterocycles. The second-order valence-corrected chi connectivity index (χ2v) is 6.67. The normalized spacial score (nSPS) is 11.8. The Balaban J connectivity index is 2.81. The summed E-state index contributed by atoms with van der Waals surface area (Å²) in [6.07, 6.45) is 2.24. The first kappa shape index (κ1) is 15.5. The zero-order chi connectivity index (χ0) is 13.8. The van der Waals surface area contributed by atoms with Gasteiger partial charge in [-0.05, 0) is 40.0 Å². The average Bonchev–Trinajstić information content (AvgIpc) is 2.30. The molecule has 6 heteroatoms. The molecule has 0 aliphatic rings. The molecule has 0 spiro atoms. The second-order valence-electron chi connectivity index (χ2n) is 4.25. The van der Waals surface area contributed by atoms with Crippen LogP contribution in [0.5, 0.6) is 0 Å². The summed E-state index contributed by atoms with van der Waals surface area (Å²) in [7, 11) is -3.64. The van der Waals surface area contributed by atoms with Gasteiger partial charge in [0.05, 0.1) is 4.90 Å². The molecule has 0 saturated carbocycles. The van der Waals surface area contributed by atoms with Gasteiger partial charge in [-0.1, -0.05) is 26.7 Å². The molecule has 1 aromatic rings. The van der Waals surface area contributed by atoms with Gasteiger partial charge >= 0.3 is 0 Å². The van der Waals surface area contributed by atoms with Gasteiger partial charge < -0.3 is 5.32 Å². The number of anilines is 1. The minimum Gasteiger partial charge on any atom is -0.384 e. The Hall–Kier alpha value is -0.590. The summed E-state index contributed by atoms with van der Waals surface area (Å²) >= 11 is 3.35. The Kier molecular flexibility index (Phi) is 5.62. The van der Waals surface area contributed by atoms with Crippen LogP contribution in [0.25, 0.3) is 0 Å². The van der Waals surface area contributed by atoms with Crippen molar-refractivity contribution in [1.82, 2.24) is 0 Å². The van der Waals surface area contributed by atoms with E-state index < -0.39 is 10.0 Å². The summed E-state index contributed by atoms with van der Waals surface area (Å²) in [6, 6.07) is 4.76. The first-order chi connectivity index (χ1) is 8.38. The number of nitrogens with two attached hydrogens (primary N) is 1. The molecule has 0 bridgehead atoms. The van der Waals surface area contributed by atoms with E-state index in [0.717, 1.165) is 25.1 Å². The van der Waals surface area contributed by atoms with E-state index in [1.54, 1.807) is 6.07 Å². The van der Waals surface area contributed by atoms with Crippen molar-refractivity contribution in [3.05, 3.63) is 22.7 Å². The van der Waals surface area contributed by atoms with E-state index in [1.165, 1.54) is 12.1 Å². The molecule has 0 atom stereocenters. The Bertz CT molecular complexity index is 499. The fraction of sp³-hybridized carbons (Fsp3) is 0.500. The smallest absolute Gasteiger partial charge is 0.238 e. The molecule has 0 amide bonds. The van der Waals surface area contributed by atoms with E-state index in [1.807, 2.05) is 0 Å². The molecule has 0 heterocycles. The lowest BCUT2D eigenvalue weighted by Gasteiger charge is -2.15. The molecule has 1 aromatic carbocycles. The first-order valence-corrected chi connectivity index (χ1v) is 8.28. The van der Waals surface area contributed by atoms with Gasteiger partial charge in [0.25, 0.3) is 0 Å². The monoisotopic (exact) mass is 334 g/mol. The summed E-state index contributed by atoms with van der Waals surface area (Å²) in [6.45, 7) is 5.20. The van der Waals surface area contributed by atoms with Gasteiger partial charge in [-0.25, -0.2) is 13.6 Å². The highest BCUT2D eigenvalue weighted by molar-refractivity contribution is 9.10. The topological polar surface area (TPSA) is 72.2 Å². The predicted octanol–water partition coefficient (Wildman–Crippen LogP) is 2.94. The van der Waals surface area contributed by atoms with Crippen LogP contribution in [-0.4, -0.2) is 15.0 Å². The van der Waals surface area contributed by atoms with Crippen molar-refractivity contribution in [2.45, 2.75) is 31.6 Å². The SMILES string of the molecule is CCC(CC)CNc1ccc(S(N)(=O)=O)cc1Br. The Morgan fingerprint density at radius 2 is 1.94 bits per heavy atom. The Labute approximate surface area is 117 Å². The van der Waals surface area contributed by atoms with Crippen molar-refractivity contribution in [2.24, 2.45) is 11.1 Å². The van der Waals surface area contributed by atoms with Crippen molar-refractivity contribution in [2.75, 3.05) is 11.9 Å². The fourth-order valence-corrected chi connectivity index (χ4v) is 2.86. The van der Waals surface area contributed by atoms with Crippen LogP contribution in [0.4, 0.5) is 5.69 Å². The largest absolute Gasteiger partial charge is 0.384 e. The maximum absolute atomic E-state index is 11.2. The lowest BCUT2D eigenvalue weighted by Crippen LogP contribution is -2.14. The van der Waals surface area contributed by atoms with Crippen LogP contribution in [0.2, 0.25) is 0 Å². The van der Waals surface area contributed by atoms with Gasteiger partial charge in [0, 0.05) is 16.7 Å². The minimum absolute atomic E-state index is 0.113. The summed E-state index contributed by atoms with van der Waals surface area (Å²) < 4.78 is 23.1. The zero-order valence-electron chi connectivity index (χ0n) is 10.6. The zero-order valence-corrected chi connectivity index (χ0v) is 13.0. The van der Waals surface area contributed by atoms with Crippen LogP contribution in [0.1, 0.15) is 26.7 Å². The highest BCUT2D eigenvalue weighted by Crippen LogP contribution is 2.25. The standard InChI is InChI=1S/C12H19BrN2O2S/c1-3-9(4-2)8-15-12-6-5-10(7-11(12)13)18(14,16)17/h5-7,9,15H,3-4,8H2,1-2H3,(H2,14,16,17). The van der Waals surface area contributed by atoms with E-state index in [4.69, 9.17) is 5.14 Å². The number of nitrogens with one attached hydrogen (secondary N) is 1. The molecule has 0 aromatic heterocycles. The molecule has 0 fully saturated rings. The van der Waals surface area contributed by atoms with Gasteiger partial charge in [0.2, 0.25) is 10.0 Å². The second kappa shape index (κ2) is 6.54. The Morgan fingerprint density at radius 3 is 2.39 bits per heavy atom. The molecule has 3 N–H and O–H groups in total. The molecule has 102 valence electrons. The average molecular weight is 335 g/mol. The quantitative estimate of drug-likeness (QED) is 0.839. The third-order valence-electron chi connectivity index (χ3n) is 3.00. The molecule has 1 rings (SSSR count). The maximum atomic E-state index is 11.2. The van der Waals surface area contributed by atoms with Gasteiger partial charge in [-0.3, -0.25) is 0 Å². The number of hydrogen-bond donors (Lipinski definition) is 2. The third-order valence-corrected chi connectivity index (χ3v) is 4.57. The van der Waals surface area contributed by atoms with Crippen molar-refractivity contribution in [3.63, 3.8) is 0 Å². The van der Waals surface area contributed by atoms with Crippen molar-refractivity contribution in [3.8, 4) is 0 Å². The molecular weight excluding hydrogens is 316 g/mol. The van der Waals surface area contributed by atoms with Crippen molar-refractivity contribution < 1.29 is 8.42 Å². The van der Waals surface area contributed by atoms with Crippen LogP contribution in [-0.2, 0) is 10.0 Å². The number of benzene rings is 1. The molecule has 18 heavy (non-hydrogen) atoms. The van der Waals surface area contributed by atoms with Crippen LogP contribution < -0.4 is 10.5 Å². The van der Waals surface area contributed by atoms with E-state index in [0.29, 0.717) is 10.4 Å². The van der Waals surface area contributed by atoms with Gasteiger partial charge in [0.15, 0.2) is 0 Å². The summed E-state index contributed by atoms with van der Waals surface area (Å²) in [4.78, 5) is 0.113. The number of primary sulfonamides is 1. The van der Waals surface area contributed by atoms with E-state index in [-0.39, 0.29) is 4.90 Å². The van der Waals surface area contributed by atoms with Crippen LogP contribution >= 0.6 is 15.9 Å². The fourth-order valence-electron chi connectivity index (χ4n) is 1.65.